The van der Waals surface area contributed by atoms with Crippen LogP contribution in [0, 0.1) is 6.92 Å². The monoisotopic (exact) mass is 282 g/mol. The fourth-order valence-electron chi connectivity index (χ4n) is 2.52. The van der Waals surface area contributed by atoms with Crippen molar-refractivity contribution in [3.63, 3.8) is 0 Å². The van der Waals surface area contributed by atoms with Gasteiger partial charge in [0, 0.05) is 17.8 Å². The predicted molar refractivity (Wildman–Crippen MR) is 82.3 cm³/mol. The lowest BCUT2D eigenvalue weighted by atomic mass is 10.1. The maximum Gasteiger partial charge on any atom is 0.256 e. The molecule has 0 fully saturated rings. The largest absolute Gasteiger partial charge is 0.491 e. The topological polar surface area (TPSA) is 55.6 Å². The summed E-state index contributed by atoms with van der Waals surface area (Å²) >= 11 is 0. The fourth-order valence-corrected chi connectivity index (χ4v) is 2.52. The van der Waals surface area contributed by atoms with Crippen LogP contribution in [-0.4, -0.2) is 24.0 Å². The predicted octanol–water partition coefficient (Wildman–Crippen LogP) is 2.61. The SMILES string of the molecule is Cc1ccc(N)c(C(=O)N2CCOc3ccccc3C2)c1. The van der Waals surface area contributed by atoms with E-state index in [0.29, 0.717) is 30.9 Å². The first-order chi connectivity index (χ1) is 10.1. The number of aryl methyl sites for hydroxylation is 1. The van der Waals surface area contributed by atoms with Crippen molar-refractivity contribution in [2.75, 3.05) is 18.9 Å². The van der Waals surface area contributed by atoms with Crippen LogP contribution >= 0.6 is 0 Å². The summed E-state index contributed by atoms with van der Waals surface area (Å²) in [7, 11) is 0. The van der Waals surface area contributed by atoms with E-state index >= 15 is 0 Å². The van der Waals surface area contributed by atoms with Gasteiger partial charge in [0.15, 0.2) is 0 Å². The Labute approximate surface area is 124 Å². The Balaban J connectivity index is 1.90. The van der Waals surface area contributed by atoms with Crippen molar-refractivity contribution in [3.8, 4) is 5.75 Å². The molecule has 0 aromatic heterocycles. The second-order valence-electron chi connectivity index (χ2n) is 5.27. The average molecular weight is 282 g/mol. The van der Waals surface area contributed by atoms with Gasteiger partial charge in [-0.05, 0) is 25.1 Å². The van der Waals surface area contributed by atoms with Gasteiger partial charge >= 0.3 is 0 Å². The molecule has 0 saturated carbocycles. The van der Waals surface area contributed by atoms with Gasteiger partial charge in [0.05, 0.1) is 12.1 Å². The van der Waals surface area contributed by atoms with E-state index in [0.717, 1.165) is 16.9 Å². The van der Waals surface area contributed by atoms with Crippen molar-refractivity contribution in [1.82, 2.24) is 4.90 Å². The highest BCUT2D eigenvalue weighted by Crippen LogP contribution is 2.24. The van der Waals surface area contributed by atoms with Gasteiger partial charge in [0.1, 0.15) is 12.4 Å². The Morgan fingerprint density at radius 3 is 2.90 bits per heavy atom. The van der Waals surface area contributed by atoms with Crippen molar-refractivity contribution in [3.05, 3.63) is 59.2 Å². The molecule has 0 bridgehead atoms. The molecule has 0 radical (unpaired) electrons. The van der Waals surface area contributed by atoms with Gasteiger partial charge in [-0.15, -0.1) is 0 Å². The number of amides is 1. The summed E-state index contributed by atoms with van der Waals surface area (Å²) in [5.41, 5.74) is 9.08. The highest BCUT2D eigenvalue weighted by molar-refractivity contribution is 5.99. The molecule has 2 N–H and O–H groups in total. The second-order valence-corrected chi connectivity index (χ2v) is 5.27. The minimum Gasteiger partial charge on any atom is -0.491 e. The number of para-hydroxylation sites is 1. The van der Waals surface area contributed by atoms with E-state index in [-0.39, 0.29) is 5.91 Å². The zero-order chi connectivity index (χ0) is 14.8. The summed E-state index contributed by atoms with van der Waals surface area (Å²) in [6.07, 6.45) is 0. The first-order valence-electron chi connectivity index (χ1n) is 7.01. The number of rotatable bonds is 1. The lowest BCUT2D eigenvalue weighted by Crippen LogP contribution is -2.33. The number of nitrogens with zero attached hydrogens (tertiary/aromatic N) is 1. The third-order valence-electron chi connectivity index (χ3n) is 3.68. The molecule has 0 aliphatic carbocycles. The number of anilines is 1. The lowest BCUT2D eigenvalue weighted by molar-refractivity contribution is 0.0734. The number of carbonyl (C=O) groups excluding carboxylic acids is 1. The molecular formula is C17H18N2O2. The lowest BCUT2D eigenvalue weighted by Gasteiger charge is -2.21. The van der Waals surface area contributed by atoms with Gasteiger partial charge in [-0.1, -0.05) is 29.8 Å². The molecule has 4 heteroatoms. The third kappa shape index (κ3) is 2.70. The first-order valence-corrected chi connectivity index (χ1v) is 7.01. The van der Waals surface area contributed by atoms with Crippen LogP contribution in [0.15, 0.2) is 42.5 Å². The molecule has 21 heavy (non-hydrogen) atoms. The van der Waals surface area contributed by atoms with Crippen LogP contribution in [0.5, 0.6) is 5.75 Å². The fraction of sp³-hybridized carbons (Fsp3) is 0.235. The van der Waals surface area contributed by atoms with Gasteiger partial charge in [-0.3, -0.25) is 4.79 Å². The molecule has 108 valence electrons. The van der Waals surface area contributed by atoms with E-state index in [1.807, 2.05) is 43.3 Å². The molecule has 0 saturated heterocycles. The van der Waals surface area contributed by atoms with E-state index in [1.54, 1.807) is 11.0 Å². The van der Waals surface area contributed by atoms with Crippen LogP contribution < -0.4 is 10.5 Å². The van der Waals surface area contributed by atoms with Crippen LogP contribution in [-0.2, 0) is 6.54 Å². The van der Waals surface area contributed by atoms with E-state index in [9.17, 15) is 4.79 Å². The molecule has 0 spiro atoms. The smallest absolute Gasteiger partial charge is 0.256 e. The number of hydrogen-bond acceptors (Lipinski definition) is 3. The van der Waals surface area contributed by atoms with Crippen molar-refractivity contribution in [1.29, 1.82) is 0 Å². The van der Waals surface area contributed by atoms with Crippen LogP contribution in [0.2, 0.25) is 0 Å². The van der Waals surface area contributed by atoms with E-state index in [1.165, 1.54) is 0 Å². The molecule has 1 aliphatic heterocycles. The number of benzene rings is 2. The molecule has 2 aromatic carbocycles. The number of fused-ring (bicyclic) bond motifs is 1. The Hall–Kier alpha value is -2.49. The molecular weight excluding hydrogens is 264 g/mol. The van der Waals surface area contributed by atoms with Gasteiger partial charge in [0.25, 0.3) is 5.91 Å². The number of nitrogens with two attached hydrogens (primary N) is 1. The van der Waals surface area contributed by atoms with Crippen LogP contribution in [0.1, 0.15) is 21.5 Å². The highest BCUT2D eigenvalue weighted by atomic mass is 16.5. The van der Waals surface area contributed by atoms with Crippen molar-refractivity contribution in [2.24, 2.45) is 0 Å². The molecule has 1 aliphatic rings. The first kappa shape index (κ1) is 13.5. The van der Waals surface area contributed by atoms with Gasteiger partial charge in [-0.25, -0.2) is 0 Å². The second kappa shape index (κ2) is 5.48. The van der Waals surface area contributed by atoms with Crippen LogP contribution in [0.4, 0.5) is 5.69 Å². The Bertz CT molecular complexity index is 682. The van der Waals surface area contributed by atoms with Crippen molar-refractivity contribution < 1.29 is 9.53 Å². The minimum atomic E-state index is -0.0449. The van der Waals surface area contributed by atoms with Crippen molar-refractivity contribution in [2.45, 2.75) is 13.5 Å². The zero-order valence-electron chi connectivity index (χ0n) is 12.0. The maximum atomic E-state index is 12.7. The summed E-state index contributed by atoms with van der Waals surface area (Å²) in [4.78, 5) is 14.5. The normalized spacial score (nSPS) is 14.0. The number of carbonyl (C=O) groups is 1. The van der Waals surface area contributed by atoms with Crippen molar-refractivity contribution >= 4 is 11.6 Å². The maximum absolute atomic E-state index is 12.7. The van der Waals surface area contributed by atoms with Gasteiger partial charge < -0.3 is 15.4 Å². The van der Waals surface area contributed by atoms with Gasteiger partial charge in [0.2, 0.25) is 0 Å². The Morgan fingerprint density at radius 2 is 2.05 bits per heavy atom. The molecule has 0 atom stereocenters. The van der Waals surface area contributed by atoms with Crippen LogP contribution in [0.3, 0.4) is 0 Å². The minimum absolute atomic E-state index is 0.0449. The molecule has 4 nitrogen and oxygen atoms in total. The molecule has 1 heterocycles. The number of ether oxygens (including phenoxy) is 1. The Kier molecular flexibility index (Phi) is 3.52. The quantitative estimate of drug-likeness (QED) is 0.818. The van der Waals surface area contributed by atoms with Gasteiger partial charge in [-0.2, -0.15) is 0 Å². The summed E-state index contributed by atoms with van der Waals surface area (Å²) in [6.45, 7) is 3.55. The Morgan fingerprint density at radius 1 is 1.24 bits per heavy atom. The standard InChI is InChI=1S/C17H18N2O2/c1-12-6-7-15(18)14(10-12)17(20)19-8-9-21-16-5-3-2-4-13(16)11-19/h2-7,10H,8-9,11,18H2,1H3. The summed E-state index contributed by atoms with van der Waals surface area (Å²) in [5, 5.41) is 0. The summed E-state index contributed by atoms with van der Waals surface area (Å²) < 4.78 is 5.69. The summed E-state index contributed by atoms with van der Waals surface area (Å²) in [6, 6.07) is 13.4. The van der Waals surface area contributed by atoms with E-state index in [2.05, 4.69) is 0 Å². The van der Waals surface area contributed by atoms with Crippen LogP contribution in [0.25, 0.3) is 0 Å². The third-order valence-corrected chi connectivity index (χ3v) is 3.68. The molecule has 0 unspecified atom stereocenters. The molecule has 2 aromatic rings. The zero-order valence-corrected chi connectivity index (χ0v) is 12.0. The average Bonchev–Trinajstić information content (AvgIpc) is 2.71. The number of hydrogen-bond donors (Lipinski definition) is 1. The highest BCUT2D eigenvalue weighted by Gasteiger charge is 2.22. The number of nitrogen functional groups attached to an aromatic ring is 1. The van der Waals surface area contributed by atoms with E-state index < -0.39 is 0 Å². The molecule has 1 amide bonds. The van der Waals surface area contributed by atoms with E-state index in [4.69, 9.17) is 10.5 Å². The summed E-state index contributed by atoms with van der Waals surface area (Å²) in [5.74, 6) is 0.807. The molecule has 3 rings (SSSR count).